The quantitative estimate of drug-likeness (QED) is 0.226. The average Bonchev–Trinajstić information content (AvgIpc) is 2.73. The molecule has 0 heterocycles. The van der Waals surface area contributed by atoms with Gasteiger partial charge in [0.1, 0.15) is 0 Å². The number of unbranched alkanes of at least 4 members (excludes halogenated alkanes) is 7. The molecule has 0 fully saturated rings. The third-order valence-corrected chi connectivity index (χ3v) is 5.73. The molecule has 1 rings (SSSR count). The van der Waals surface area contributed by atoms with Gasteiger partial charge in [-0.15, -0.1) is 11.8 Å². The van der Waals surface area contributed by atoms with Crippen molar-refractivity contribution in [3.63, 3.8) is 0 Å². The minimum atomic E-state index is 0.577. The fourth-order valence-corrected chi connectivity index (χ4v) is 3.86. The Hall–Kier alpha value is -1.97. The van der Waals surface area contributed by atoms with Gasteiger partial charge >= 0.3 is 0 Å². The zero-order valence-electron chi connectivity index (χ0n) is 17.3. The summed E-state index contributed by atoms with van der Waals surface area (Å²) in [4.78, 5) is 1.31. The van der Waals surface area contributed by atoms with Crippen LogP contribution in [0.3, 0.4) is 0 Å². The van der Waals surface area contributed by atoms with Gasteiger partial charge in [-0.05, 0) is 48.3 Å². The fourth-order valence-electron chi connectivity index (χ4n) is 2.99. The molecule has 2 nitrogen and oxygen atoms in total. The fraction of sp³-hybridized carbons (Fsp3) is 0.520. The van der Waals surface area contributed by atoms with Crippen molar-refractivity contribution in [3.05, 3.63) is 58.5 Å². The normalized spacial score (nSPS) is 11.5. The van der Waals surface area contributed by atoms with Crippen LogP contribution in [-0.4, -0.2) is 5.75 Å². The highest BCUT2D eigenvalue weighted by Crippen LogP contribution is 2.23. The van der Waals surface area contributed by atoms with Crippen molar-refractivity contribution in [3.8, 4) is 12.1 Å². The van der Waals surface area contributed by atoms with Crippen molar-refractivity contribution < 1.29 is 0 Å². The summed E-state index contributed by atoms with van der Waals surface area (Å²) >= 11 is 1.78. The number of rotatable bonds is 15. The summed E-state index contributed by atoms with van der Waals surface area (Å²) in [6, 6.07) is 12.3. The average molecular weight is 395 g/mol. The van der Waals surface area contributed by atoms with Crippen molar-refractivity contribution in [1.82, 2.24) is 0 Å². The number of thioether (sulfide) groups is 1. The molecule has 150 valence electrons. The number of allylic oxidation sites excluding steroid dienone is 4. The Kier molecular flexibility index (Phi) is 14.7. The third kappa shape index (κ3) is 12.4. The topological polar surface area (TPSA) is 47.6 Å². The molecule has 0 aliphatic heterocycles. The second-order valence-corrected chi connectivity index (χ2v) is 8.26. The lowest BCUT2D eigenvalue weighted by Gasteiger charge is -2.06. The summed E-state index contributed by atoms with van der Waals surface area (Å²) in [5, 5.41) is 17.8. The van der Waals surface area contributed by atoms with Gasteiger partial charge in [0, 0.05) is 12.2 Å². The van der Waals surface area contributed by atoms with E-state index < -0.39 is 0 Å². The van der Waals surface area contributed by atoms with Gasteiger partial charge in [0.15, 0.2) is 0 Å². The van der Waals surface area contributed by atoms with Crippen LogP contribution >= 0.6 is 11.8 Å². The van der Waals surface area contributed by atoms with Crippen LogP contribution in [0.1, 0.15) is 82.3 Å². The minimum Gasteiger partial charge on any atom is -0.198 e. The molecule has 28 heavy (non-hydrogen) atoms. The molecule has 0 saturated carbocycles. The highest BCUT2D eigenvalue weighted by Gasteiger charge is 2.01. The predicted molar refractivity (Wildman–Crippen MR) is 122 cm³/mol. The molecular weight excluding hydrogens is 360 g/mol. The molecular formula is C25H34N2S. The Bertz CT molecular complexity index is 677. The number of nitrogens with zero attached hydrogens (tertiary/aromatic N) is 2. The van der Waals surface area contributed by atoms with E-state index in [0.29, 0.717) is 6.42 Å². The smallest absolute Gasteiger partial charge is 0.0991 e. The first-order valence-corrected chi connectivity index (χ1v) is 11.6. The molecule has 0 atom stereocenters. The van der Waals surface area contributed by atoms with E-state index in [-0.39, 0.29) is 0 Å². The summed E-state index contributed by atoms with van der Waals surface area (Å²) < 4.78 is 0. The van der Waals surface area contributed by atoms with Gasteiger partial charge < -0.3 is 0 Å². The Morgan fingerprint density at radius 1 is 1.07 bits per heavy atom. The Morgan fingerprint density at radius 2 is 1.86 bits per heavy atom. The van der Waals surface area contributed by atoms with E-state index >= 15 is 0 Å². The van der Waals surface area contributed by atoms with E-state index in [9.17, 15) is 0 Å². The zero-order valence-corrected chi connectivity index (χ0v) is 18.1. The maximum absolute atomic E-state index is 9.04. The maximum Gasteiger partial charge on any atom is 0.0991 e. The minimum absolute atomic E-state index is 0.577. The standard InChI is InChI=1S/C25H34N2S/c1-2-3-4-5-6-7-8-9-10-11-16-25(28-20-13-19-26)18-17-23-14-12-15-24(21-23)22-27/h10-12,14-16,21H,2-9,13,17-18,20H2,1H3/b11-10+,25-16+. The highest BCUT2D eigenvalue weighted by atomic mass is 32.2. The first kappa shape index (κ1) is 24.1. The van der Waals surface area contributed by atoms with E-state index in [0.717, 1.165) is 30.6 Å². The Labute approximate surface area is 176 Å². The number of hydrogen-bond acceptors (Lipinski definition) is 3. The molecule has 0 aliphatic rings. The van der Waals surface area contributed by atoms with Crippen LogP contribution in [0.2, 0.25) is 0 Å². The molecule has 0 radical (unpaired) electrons. The zero-order chi connectivity index (χ0) is 20.3. The first-order valence-electron chi connectivity index (χ1n) is 10.6. The molecule has 0 spiro atoms. The van der Waals surface area contributed by atoms with E-state index in [1.165, 1.54) is 55.4 Å². The molecule has 0 N–H and O–H groups in total. The Balaban J connectivity index is 2.40. The van der Waals surface area contributed by atoms with E-state index in [2.05, 4.69) is 43.4 Å². The van der Waals surface area contributed by atoms with Crippen LogP contribution in [0.15, 0.2) is 47.4 Å². The van der Waals surface area contributed by atoms with Gasteiger partial charge in [0.05, 0.1) is 17.7 Å². The van der Waals surface area contributed by atoms with Gasteiger partial charge in [0.25, 0.3) is 0 Å². The van der Waals surface area contributed by atoms with Gasteiger partial charge in [0.2, 0.25) is 0 Å². The summed E-state index contributed by atoms with van der Waals surface area (Å²) in [7, 11) is 0. The Morgan fingerprint density at radius 3 is 2.61 bits per heavy atom. The summed E-state index contributed by atoms with van der Waals surface area (Å²) in [6.07, 6.45) is 19.7. The lowest BCUT2D eigenvalue weighted by molar-refractivity contribution is 0.592. The molecule has 0 bridgehead atoms. The van der Waals surface area contributed by atoms with Crippen molar-refractivity contribution in [1.29, 1.82) is 10.5 Å². The SMILES string of the molecule is CCCCCCCCC/C=C/C=C(\CCc1cccc(C#N)c1)SCCC#N. The summed E-state index contributed by atoms with van der Waals surface area (Å²) in [5.74, 6) is 0.839. The number of nitriles is 2. The second-order valence-electron chi connectivity index (χ2n) is 7.04. The van der Waals surface area contributed by atoms with Crippen molar-refractivity contribution in [2.45, 2.75) is 77.6 Å². The van der Waals surface area contributed by atoms with Gasteiger partial charge in [-0.2, -0.15) is 10.5 Å². The predicted octanol–water partition coefficient (Wildman–Crippen LogP) is 7.72. The summed E-state index contributed by atoms with van der Waals surface area (Å²) in [6.45, 7) is 2.26. The molecule has 3 heteroatoms. The van der Waals surface area contributed by atoms with Crippen molar-refractivity contribution >= 4 is 11.8 Å². The summed E-state index contributed by atoms with van der Waals surface area (Å²) in [5.41, 5.74) is 1.91. The number of benzene rings is 1. The lowest BCUT2D eigenvalue weighted by Crippen LogP contribution is -1.89. The molecule has 1 aromatic carbocycles. The third-order valence-electron chi connectivity index (χ3n) is 4.61. The van der Waals surface area contributed by atoms with E-state index in [1.807, 2.05) is 18.2 Å². The molecule has 0 aromatic heterocycles. The van der Waals surface area contributed by atoms with Crippen LogP contribution in [0.5, 0.6) is 0 Å². The van der Waals surface area contributed by atoms with Crippen LogP contribution in [0, 0.1) is 22.7 Å². The largest absolute Gasteiger partial charge is 0.198 e. The van der Waals surface area contributed by atoms with Gasteiger partial charge in [-0.1, -0.05) is 75.8 Å². The molecule has 0 saturated heterocycles. The molecule has 0 amide bonds. The molecule has 0 unspecified atom stereocenters. The lowest BCUT2D eigenvalue weighted by atomic mass is 10.1. The second kappa shape index (κ2) is 17.2. The van der Waals surface area contributed by atoms with Crippen LogP contribution < -0.4 is 0 Å². The van der Waals surface area contributed by atoms with Crippen LogP contribution in [-0.2, 0) is 6.42 Å². The van der Waals surface area contributed by atoms with Crippen molar-refractivity contribution in [2.24, 2.45) is 0 Å². The molecule has 0 aliphatic carbocycles. The van der Waals surface area contributed by atoms with Crippen LogP contribution in [0.4, 0.5) is 0 Å². The monoisotopic (exact) mass is 394 g/mol. The molecule has 1 aromatic rings. The van der Waals surface area contributed by atoms with Gasteiger partial charge in [-0.25, -0.2) is 0 Å². The maximum atomic E-state index is 9.04. The first-order chi connectivity index (χ1) is 13.8. The highest BCUT2D eigenvalue weighted by molar-refractivity contribution is 8.03. The number of aryl methyl sites for hydroxylation is 1. The van der Waals surface area contributed by atoms with Crippen LogP contribution in [0.25, 0.3) is 0 Å². The van der Waals surface area contributed by atoms with Gasteiger partial charge in [-0.3, -0.25) is 0 Å². The van der Waals surface area contributed by atoms with E-state index in [1.54, 1.807) is 11.8 Å². The number of hydrogen-bond donors (Lipinski definition) is 0. The van der Waals surface area contributed by atoms with E-state index in [4.69, 9.17) is 10.5 Å². The van der Waals surface area contributed by atoms with Crippen molar-refractivity contribution in [2.75, 3.05) is 5.75 Å².